The molecule has 0 spiro atoms. The molecule has 0 saturated carbocycles. The van der Waals surface area contributed by atoms with E-state index in [9.17, 15) is 23.5 Å². The molecule has 150 valence electrons. The zero-order valence-corrected chi connectivity index (χ0v) is 15.5. The van der Waals surface area contributed by atoms with Gasteiger partial charge in [-0.2, -0.15) is 8.78 Å². The molecule has 1 aliphatic rings. The van der Waals surface area contributed by atoms with E-state index in [1.54, 1.807) is 0 Å². The van der Waals surface area contributed by atoms with Crippen LogP contribution in [0.4, 0.5) is 14.5 Å². The normalized spacial score (nSPS) is 16.4. The number of aliphatic hydroxyl groups excluding tert-OH is 1. The van der Waals surface area contributed by atoms with Gasteiger partial charge in [-0.05, 0) is 19.1 Å². The fourth-order valence-corrected chi connectivity index (χ4v) is 3.24. The Morgan fingerprint density at radius 1 is 1.28 bits per heavy atom. The van der Waals surface area contributed by atoms with Gasteiger partial charge in [0.15, 0.2) is 5.75 Å². The smallest absolute Gasteiger partial charge is 0.423 e. The average molecular weight is 402 g/mol. The molecular weight excluding hydrogens is 386 g/mol. The molecule has 29 heavy (non-hydrogen) atoms. The predicted molar refractivity (Wildman–Crippen MR) is 98.6 cm³/mol. The van der Waals surface area contributed by atoms with E-state index in [0.29, 0.717) is 5.39 Å². The van der Waals surface area contributed by atoms with E-state index in [-0.39, 0.29) is 28.3 Å². The molecule has 0 radical (unpaired) electrons. The lowest BCUT2D eigenvalue weighted by molar-refractivity contribution is -0.193. The summed E-state index contributed by atoms with van der Waals surface area (Å²) >= 11 is 0. The van der Waals surface area contributed by atoms with Gasteiger partial charge in [-0.15, -0.1) is 0 Å². The van der Waals surface area contributed by atoms with Crippen molar-refractivity contribution in [1.82, 2.24) is 14.5 Å². The van der Waals surface area contributed by atoms with Crippen LogP contribution in [0.15, 0.2) is 41.5 Å². The molecule has 1 atom stereocenters. The maximum absolute atomic E-state index is 14.3. The number of aliphatic hydroxyl groups is 1. The number of hydrogen-bond acceptors (Lipinski definition) is 6. The van der Waals surface area contributed by atoms with Gasteiger partial charge in [-0.25, -0.2) is 4.98 Å². The van der Waals surface area contributed by atoms with Crippen molar-refractivity contribution in [2.24, 2.45) is 7.05 Å². The SMILES string of the molecule is CC(O)c1cccc2c1OC(F)(F)C(=O)N2Cc1nc2cnccc2c(=O)n1C. The van der Waals surface area contributed by atoms with E-state index in [1.807, 2.05) is 0 Å². The quantitative estimate of drug-likeness (QED) is 0.719. The van der Waals surface area contributed by atoms with Crippen LogP contribution in [-0.2, 0) is 18.4 Å². The highest BCUT2D eigenvalue weighted by Gasteiger charge is 2.51. The number of halogens is 2. The molecule has 8 nitrogen and oxygen atoms in total. The Morgan fingerprint density at radius 3 is 2.76 bits per heavy atom. The number of hydrogen-bond donors (Lipinski definition) is 1. The summed E-state index contributed by atoms with van der Waals surface area (Å²) in [5.41, 5.74) is 0.0675. The van der Waals surface area contributed by atoms with Crippen molar-refractivity contribution in [1.29, 1.82) is 0 Å². The summed E-state index contributed by atoms with van der Waals surface area (Å²) in [6.07, 6.45) is -2.39. The maximum Gasteiger partial charge on any atom is 0.483 e. The average Bonchev–Trinajstić information content (AvgIpc) is 2.68. The molecule has 0 fully saturated rings. The topological polar surface area (TPSA) is 97.6 Å². The summed E-state index contributed by atoms with van der Waals surface area (Å²) in [6.45, 7) is 1.00. The van der Waals surface area contributed by atoms with E-state index in [1.165, 1.54) is 55.2 Å². The van der Waals surface area contributed by atoms with Crippen LogP contribution in [0.1, 0.15) is 24.4 Å². The van der Waals surface area contributed by atoms with E-state index >= 15 is 0 Å². The van der Waals surface area contributed by atoms with Gasteiger partial charge < -0.3 is 9.84 Å². The molecule has 0 saturated heterocycles. The number of carbonyl (C=O) groups is 1. The van der Waals surface area contributed by atoms with Gasteiger partial charge in [-0.3, -0.25) is 24.0 Å². The second kappa shape index (κ2) is 6.59. The van der Waals surface area contributed by atoms with Crippen LogP contribution in [0.2, 0.25) is 0 Å². The first kappa shape index (κ1) is 18.9. The molecule has 0 aliphatic carbocycles. The number of anilines is 1. The molecule has 1 N–H and O–H groups in total. The van der Waals surface area contributed by atoms with Crippen LogP contribution >= 0.6 is 0 Å². The number of alkyl halides is 2. The Bertz CT molecular complexity index is 1190. The number of aromatic nitrogens is 3. The number of benzene rings is 1. The number of pyridine rings is 1. The van der Waals surface area contributed by atoms with Gasteiger partial charge >= 0.3 is 12.0 Å². The number of rotatable bonds is 3. The largest absolute Gasteiger partial charge is 0.483 e. The predicted octanol–water partition coefficient (Wildman–Crippen LogP) is 1.90. The van der Waals surface area contributed by atoms with Crippen molar-refractivity contribution >= 4 is 22.5 Å². The summed E-state index contributed by atoms with van der Waals surface area (Å²) in [5, 5.41) is 10.2. The number of para-hydroxylation sites is 1. The second-order valence-electron chi connectivity index (χ2n) is 6.67. The van der Waals surface area contributed by atoms with Crippen molar-refractivity contribution in [3.63, 3.8) is 0 Å². The molecule has 0 bridgehead atoms. The van der Waals surface area contributed by atoms with Gasteiger partial charge in [0.05, 0.1) is 35.4 Å². The number of fused-ring (bicyclic) bond motifs is 2. The fraction of sp³-hybridized carbons (Fsp3) is 0.263. The van der Waals surface area contributed by atoms with Crippen molar-refractivity contribution in [2.45, 2.75) is 25.7 Å². The molecule has 3 aromatic rings. The summed E-state index contributed by atoms with van der Waals surface area (Å²) in [4.78, 5) is 34.0. The summed E-state index contributed by atoms with van der Waals surface area (Å²) < 4.78 is 34.5. The molecule has 2 aromatic heterocycles. The van der Waals surface area contributed by atoms with Crippen LogP contribution in [0, 0.1) is 0 Å². The van der Waals surface area contributed by atoms with Crippen LogP contribution < -0.4 is 15.2 Å². The minimum Gasteiger partial charge on any atom is -0.423 e. The molecule has 10 heteroatoms. The van der Waals surface area contributed by atoms with Crippen LogP contribution in [-0.4, -0.2) is 31.7 Å². The van der Waals surface area contributed by atoms with Gasteiger partial charge in [0.1, 0.15) is 5.82 Å². The third-order valence-electron chi connectivity index (χ3n) is 4.76. The Labute approximate surface area is 163 Å². The lowest BCUT2D eigenvalue weighted by Gasteiger charge is -2.34. The Morgan fingerprint density at radius 2 is 2.03 bits per heavy atom. The van der Waals surface area contributed by atoms with E-state index in [4.69, 9.17) is 0 Å². The number of nitrogens with zero attached hydrogens (tertiary/aromatic N) is 4. The van der Waals surface area contributed by atoms with Crippen molar-refractivity contribution in [3.05, 3.63) is 58.4 Å². The van der Waals surface area contributed by atoms with E-state index in [0.717, 1.165) is 4.90 Å². The third-order valence-corrected chi connectivity index (χ3v) is 4.76. The zero-order valence-electron chi connectivity index (χ0n) is 15.5. The molecule has 4 rings (SSSR count). The standard InChI is InChI=1S/C19H16F2N4O4/c1-10(26)11-4-3-5-14-16(11)29-19(20,21)18(28)25(14)9-15-23-13-8-22-7-6-12(13)17(27)24(15)2/h3-8,10,26H,9H2,1-2H3. The Hall–Kier alpha value is -3.40. The van der Waals surface area contributed by atoms with Gasteiger partial charge in [0.25, 0.3) is 5.56 Å². The number of carbonyl (C=O) groups excluding carboxylic acids is 1. The minimum absolute atomic E-state index is 0.0554. The molecule has 1 aromatic carbocycles. The highest BCUT2D eigenvalue weighted by molar-refractivity contribution is 6.01. The highest BCUT2D eigenvalue weighted by atomic mass is 19.3. The van der Waals surface area contributed by atoms with Crippen molar-refractivity contribution < 1.29 is 23.4 Å². The van der Waals surface area contributed by atoms with Crippen LogP contribution in [0.3, 0.4) is 0 Å². The summed E-state index contributed by atoms with van der Waals surface area (Å²) in [7, 11) is 1.45. The molecule has 3 heterocycles. The van der Waals surface area contributed by atoms with Crippen LogP contribution in [0.25, 0.3) is 10.9 Å². The Kier molecular flexibility index (Phi) is 4.30. The van der Waals surface area contributed by atoms with E-state index < -0.39 is 30.2 Å². The van der Waals surface area contributed by atoms with Gasteiger partial charge in [-0.1, -0.05) is 12.1 Å². The monoisotopic (exact) mass is 402 g/mol. The molecular formula is C19H16F2N4O4. The summed E-state index contributed by atoms with van der Waals surface area (Å²) in [5.74, 6) is -1.79. The highest BCUT2D eigenvalue weighted by Crippen LogP contribution is 2.44. The Balaban J connectivity index is 1.87. The molecule has 1 aliphatic heterocycles. The first-order valence-corrected chi connectivity index (χ1v) is 8.70. The fourth-order valence-electron chi connectivity index (χ4n) is 3.24. The lowest BCUT2D eigenvalue weighted by Crippen LogP contribution is -2.51. The van der Waals surface area contributed by atoms with Crippen molar-refractivity contribution in [3.8, 4) is 5.75 Å². The second-order valence-corrected chi connectivity index (χ2v) is 6.67. The molecule has 1 amide bonds. The van der Waals surface area contributed by atoms with Gasteiger partial charge in [0, 0.05) is 18.8 Å². The third kappa shape index (κ3) is 3.01. The molecule has 1 unspecified atom stereocenters. The lowest BCUT2D eigenvalue weighted by atomic mass is 10.1. The number of ether oxygens (including phenoxy) is 1. The van der Waals surface area contributed by atoms with Crippen molar-refractivity contribution in [2.75, 3.05) is 4.90 Å². The number of amides is 1. The minimum atomic E-state index is -4.13. The van der Waals surface area contributed by atoms with Gasteiger partial charge in [0.2, 0.25) is 0 Å². The maximum atomic E-state index is 14.3. The first-order chi connectivity index (χ1) is 13.7. The first-order valence-electron chi connectivity index (χ1n) is 8.70. The van der Waals surface area contributed by atoms with E-state index in [2.05, 4.69) is 14.7 Å². The van der Waals surface area contributed by atoms with Crippen LogP contribution in [0.5, 0.6) is 5.75 Å². The zero-order chi connectivity index (χ0) is 20.9. The summed E-state index contributed by atoms with van der Waals surface area (Å²) in [6, 6.07) is 5.88.